The van der Waals surface area contributed by atoms with Crippen molar-refractivity contribution in [2.45, 2.75) is 17.2 Å². The average Bonchev–Trinajstić information content (AvgIpc) is 3.15. The molecular formula is C20H18FNO4S. The molecule has 0 aliphatic rings. The first-order valence-electron chi connectivity index (χ1n) is 8.19. The Kier molecular flexibility index (Phi) is 6.03. The van der Waals surface area contributed by atoms with Gasteiger partial charge in [0.1, 0.15) is 17.3 Å². The number of hydrogen-bond donors (Lipinski definition) is 1. The Morgan fingerprint density at radius 2 is 1.85 bits per heavy atom. The summed E-state index contributed by atoms with van der Waals surface area (Å²) in [7, 11) is 0.251. The minimum absolute atomic E-state index is 0.0549. The number of nitrogens with one attached hydrogen (secondary N) is 1. The summed E-state index contributed by atoms with van der Waals surface area (Å²) in [5.41, 5.74) is 0.387. The minimum atomic E-state index is -1.31. The summed E-state index contributed by atoms with van der Waals surface area (Å²) in [5, 5.41) is 2.60. The molecule has 1 amide bonds. The highest BCUT2D eigenvalue weighted by Crippen LogP contribution is 2.18. The van der Waals surface area contributed by atoms with Crippen LogP contribution >= 0.6 is 0 Å². The van der Waals surface area contributed by atoms with Gasteiger partial charge in [0.25, 0.3) is 5.91 Å². The molecule has 27 heavy (non-hydrogen) atoms. The zero-order chi connectivity index (χ0) is 19.2. The van der Waals surface area contributed by atoms with Gasteiger partial charge < -0.3 is 14.5 Å². The maximum absolute atomic E-state index is 13.6. The summed E-state index contributed by atoms with van der Waals surface area (Å²) >= 11 is 0. The number of methoxy groups -OCH3 is 1. The fourth-order valence-electron chi connectivity index (χ4n) is 2.42. The molecule has 7 heteroatoms. The summed E-state index contributed by atoms with van der Waals surface area (Å²) in [4.78, 5) is 12.8. The molecule has 5 nitrogen and oxygen atoms in total. The van der Waals surface area contributed by atoms with Gasteiger partial charge in [-0.15, -0.1) is 0 Å². The lowest BCUT2D eigenvalue weighted by Gasteiger charge is -2.05. The van der Waals surface area contributed by atoms with E-state index in [4.69, 9.17) is 9.15 Å². The van der Waals surface area contributed by atoms with Crippen LogP contribution in [0.2, 0.25) is 0 Å². The fraction of sp³-hybridized carbons (Fsp3) is 0.150. The second-order valence-electron chi connectivity index (χ2n) is 5.71. The van der Waals surface area contributed by atoms with Gasteiger partial charge in [-0.1, -0.05) is 18.2 Å². The summed E-state index contributed by atoms with van der Waals surface area (Å²) in [6, 6.07) is 16.2. The van der Waals surface area contributed by atoms with E-state index in [1.807, 2.05) is 0 Å². The lowest BCUT2D eigenvalue weighted by atomic mass is 10.2. The fourth-order valence-corrected chi connectivity index (χ4v) is 3.44. The Balaban J connectivity index is 1.59. The molecule has 1 heterocycles. The predicted molar refractivity (Wildman–Crippen MR) is 99.4 cm³/mol. The number of halogens is 1. The third-order valence-electron chi connectivity index (χ3n) is 3.88. The van der Waals surface area contributed by atoms with Gasteiger partial charge in [-0.05, 0) is 42.5 Å². The predicted octanol–water partition coefficient (Wildman–Crippen LogP) is 3.67. The quantitative estimate of drug-likeness (QED) is 0.672. The van der Waals surface area contributed by atoms with Crippen molar-refractivity contribution >= 4 is 16.7 Å². The first-order valence-corrected chi connectivity index (χ1v) is 9.51. The smallest absolute Gasteiger partial charge is 0.287 e. The van der Waals surface area contributed by atoms with Crippen molar-refractivity contribution in [1.29, 1.82) is 0 Å². The third kappa shape index (κ3) is 4.83. The molecule has 0 aliphatic carbocycles. The summed E-state index contributed by atoms with van der Waals surface area (Å²) in [5.74, 6) is 0.510. The van der Waals surface area contributed by atoms with Crippen LogP contribution in [0.15, 0.2) is 70.0 Å². The van der Waals surface area contributed by atoms with Crippen LogP contribution in [0, 0.1) is 5.82 Å². The van der Waals surface area contributed by atoms with Gasteiger partial charge in [-0.3, -0.25) is 9.00 Å². The topological polar surface area (TPSA) is 68.5 Å². The zero-order valence-electron chi connectivity index (χ0n) is 14.6. The Morgan fingerprint density at radius 1 is 1.11 bits per heavy atom. The van der Waals surface area contributed by atoms with Crippen LogP contribution in [-0.4, -0.2) is 17.2 Å². The molecule has 3 aromatic rings. The summed E-state index contributed by atoms with van der Waals surface area (Å²) in [6.07, 6.45) is 0. The van der Waals surface area contributed by atoms with Crippen molar-refractivity contribution in [3.63, 3.8) is 0 Å². The third-order valence-corrected chi connectivity index (χ3v) is 5.22. The molecular weight excluding hydrogens is 369 g/mol. The Hall–Kier alpha value is -2.93. The number of benzene rings is 2. The summed E-state index contributed by atoms with van der Waals surface area (Å²) in [6.45, 7) is 0.0549. The van der Waals surface area contributed by atoms with Gasteiger partial charge in [0.2, 0.25) is 0 Å². The van der Waals surface area contributed by atoms with Gasteiger partial charge in [-0.25, -0.2) is 4.39 Å². The van der Waals surface area contributed by atoms with Gasteiger partial charge in [0.15, 0.2) is 5.76 Å². The zero-order valence-corrected chi connectivity index (χ0v) is 15.4. The Labute approximate surface area is 158 Å². The van der Waals surface area contributed by atoms with Crippen molar-refractivity contribution in [3.05, 3.63) is 83.6 Å². The Morgan fingerprint density at radius 3 is 2.56 bits per heavy atom. The average molecular weight is 387 g/mol. The van der Waals surface area contributed by atoms with Crippen LogP contribution in [0.3, 0.4) is 0 Å². The molecule has 0 spiro atoms. The molecule has 1 atom stereocenters. The van der Waals surface area contributed by atoms with Crippen molar-refractivity contribution in [2.24, 2.45) is 0 Å². The number of furan rings is 1. The van der Waals surface area contributed by atoms with Crippen LogP contribution in [-0.2, 0) is 23.1 Å². The molecule has 0 radical (unpaired) electrons. The van der Waals surface area contributed by atoms with Crippen molar-refractivity contribution in [1.82, 2.24) is 5.32 Å². The molecule has 1 N–H and O–H groups in total. The molecule has 0 fully saturated rings. The normalized spacial score (nSPS) is 11.8. The first-order chi connectivity index (χ1) is 13.1. The standard InChI is InChI=1S/C20H18FNO4S/c1-25-15-6-9-17(10-7-15)27(24)13-16-8-11-19(26-16)20(23)22-12-14-4-2-3-5-18(14)21/h2-11H,12-13H2,1H3,(H,22,23)/t27-/m0/s1. The number of hydrogen-bond acceptors (Lipinski definition) is 4. The lowest BCUT2D eigenvalue weighted by molar-refractivity contribution is 0.0921. The maximum Gasteiger partial charge on any atom is 0.287 e. The number of rotatable bonds is 7. The molecule has 2 aromatic carbocycles. The highest BCUT2D eigenvalue weighted by molar-refractivity contribution is 7.84. The largest absolute Gasteiger partial charge is 0.497 e. The van der Waals surface area contributed by atoms with Crippen LogP contribution < -0.4 is 10.1 Å². The summed E-state index contributed by atoms with van der Waals surface area (Å²) < 4.78 is 36.5. The van der Waals surface area contributed by atoms with E-state index in [1.165, 1.54) is 12.1 Å². The van der Waals surface area contributed by atoms with E-state index in [-0.39, 0.29) is 23.9 Å². The Bertz CT molecular complexity index is 953. The van der Waals surface area contributed by atoms with E-state index in [9.17, 15) is 13.4 Å². The van der Waals surface area contributed by atoms with Gasteiger partial charge in [0.05, 0.1) is 23.7 Å². The van der Waals surface area contributed by atoms with E-state index in [2.05, 4.69) is 5.32 Å². The van der Waals surface area contributed by atoms with Crippen molar-refractivity contribution in [2.75, 3.05) is 7.11 Å². The molecule has 0 saturated heterocycles. The molecule has 0 saturated carbocycles. The molecule has 140 valence electrons. The molecule has 0 aliphatic heterocycles. The number of carbonyl (C=O) groups is 1. The van der Waals surface area contributed by atoms with Crippen molar-refractivity contribution < 1.29 is 22.5 Å². The monoisotopic (exact) mass is 387 g/mol. The van der Waals surface area contributed by atoms with Crippen LogP contribution in [0.1, 0.15) is 21.9 Å². The lowest BCUT2D eigenvalue weighted by Crippen LogP contribution is -2.22. The number of amides is 1. The van der Waals surface area contributed by atoms with Gasteiger partial charge >= 0.3 is 0 Å². The van der Waals surface area contributed by atoms with E-state index in [0.717, 1.165) is 0 Å². The van der Waals surface area contributed by atoms with E-state index >= 15 is 0 Å². The molecule has 0 bridgehead atoms. The first kappa shape index (κ1) is 18.8. The van der Waals surface area contributed by atoms with Crippen LogP contribution in [0.4, 0.5) is 4.39 Å². The van der Waals surface area contributed by atoms with E-state index in [0.29, 0.717) is 22.0 Å². The SMILES string of the molecule is COc1ccc([S@@](=O)Cc2ccc(C(=O)NCc3ccccc3F)o2)cc1. The maximum atomic E-state index is 13.6. The molecule has 1 aromatic heterocycles. The molecule has 3 rings (SSSR count). The highest BCUT2D eigenvalue weighted by Gasteiger charge is 2.14. The van der Waals surface area contributed by atoms with Crippen LogP contribution in [0.25, 0.3) is 0 Å². The highest BCUT2D eigenvalue weighted by atomic mass is 32.2. The van der Waals surface area contributed by atoms with Crippen molar-refractivity contribution in [3.8, 4) is 5.75 Å². The molecule has 0 unspecified atom stereocenters. The number of carbonyl (C=O) groups excluding carboxylic acids is 1. The van der Waals surface area contributed by atoms with E-state index in [1.54, 1.807) is 55.6 Å². The van der Waals surface area contributed by atoms with Crippen LogP contribution in [0.5, 0.6) is 5.75 Å². The number of ether oxygens (including phenoxy) is 1. The second kappa shape index (κ2) is 8.64. The minimum Gasteiger partial charge on any atom is -0.497 e. The van der Waals surface area contributed by atoms with Gasteiger partial charge in [0, 0.05) is 17.0 Å². The second-order valence-corrected chi connectivity index (χ2v) is 7.16. The van der Waals surface area contributed by atoms with Gasteiger partial charge in [-0.2, -0.15) is 0 Å². The van der Waals surface area contributed by atoms with E-state index < -0.39 is 16.7 Å².